The summed E-state index contributed by atoms with van der Waals surface area (Å²) >= 11 is 0. The summed E-state index contributed by atoms with van der Waals surface area (Å²) in [6, 6.07) is 12.5. The van der Waals surface area contributed by atoms with Crippen LogP contribution < -0.4 is 0 Å². The van der Waals surface area contributed by atoms with E-state index in [4.69, 9.17) is 4.74 Å². The fourth-order valence-corrected chi connectivity index (χ4v) is 4.47. The van der Waals surface area contributed by atoms with Crippen molar-refractivity contribution in [3.8, 4) is 11.4 Å². The minimum absolute atomic E-state index is 0.0667. The first-order valence-electron chi connectivity index (χ1n) is 11.1. The molecule has 12 heteroatoms. The highest BCUT2D eigenvalue weighted by Crippen LogP contribution is 2.23. The summed E-state index contributed by atoms with van der Waals surface area (Å²) < 4.78 is 33.5. The molecule has 0 aliphatic carbocycles. The van der Waals surface area contributed by atoms with Crippen LogP contribution in [0.1, 0.15) is 24.7 Å². The Labute approximate surface area is 203 Å². The van der Waals surface area contributed by atoms with E-state index in [0.29, 0.717) is 23.7 Å². The Bertz CT molecular complexity index is 1460. The number of ether oxygens (including phenoxy) is 1. The number of aryl methyl sites for hydroxylation is 2. The first-order chi connectivity index (χ1) is 16.7. The molecule has 0 amide bonds. The molecule has 11 nitrogen and oxygen atoms in total. The van der Waals surface area contributed by atoms with Gasteiger partial charge in [-0.25, -0.2) is 22.5 Å². The first kappa shape index (κ1) is 24.5. The van der Waals surface area contributed by atoms with Crippen molar-refractivity contribution in [2.75, 3.05) is 14.1 Å². The summed E-state index contributed by atoms with van der Waals surface area (Å²) in [5.41, 5.74) is 3.22. The van der Waals surface area contributed by atoms with E-state index in [1.807, 2.05) is 42.7 Å². The van der Waals surface area contributed by atoms with E-state index in [-0.39, 0.29) is 18.0 Å². The third-order valence-corrected chi connectivity index (χ3v) is 7.23. The molecule has 2 heterocycles. The number of fused-ring (bicyclic) bond motifs is 1. The molecular weight excluding hydrogens is 470 g/mol. The smallest absolute Gasteiger partial charge is 0.330 e. The van der Waals surface area contributed by atoms with Gasteiger partial charge in [0.2, 0.25) is 15.8 Å². The standard InChI is InChI=1S/C23H27N7O4S/c1-5-12-29-20-11-10-18(35(32,33)28(3)4)13-19(20)24-21(29)15-34-22(31)14-30-26-23(25-27-30)17-8-6-16(2)7-9-17/h6-11,13H,5,12,14-15H2,1-4H3. The van der Waals surface area contributed by atoms with Crippen molar-refractivity contribution >= 4 is 27.0 Å². The number of tetrazole rings is 1. The van der Waals surface area contributed by atoms with Gasteiger partial charge in [-0.05, 0) is 36.8 Å². The lowest BCUT2D eigenvalue weighted by atomic mass is 10.1. The van der Waals surface area contributed by atoms with Crippen LogP contribution in [0.2, 0.25) is 0 Å². The zero-order valence-electron chi connectivity index (χ0n) is 20.0. The van der Waals surface area contributed by atoms with E-state index < -0.39 is 16.0 Å². The summed E-state index contributed by atoms with van der Waals surface area (Å²) in [5, 5.41) is 12.2. The second-order valence-corrected chi connectivity index (χ2v) is 10.4. The molecule has 4 aromatic rings. The number of aromatic nitrogens is 6. The van der Waals surface area contributed by atoms with Gasteiger partial charge in [0.05, 0.1) is 15.9 Å². The molecule has 0 fully saturated rings. The van der Waals surface area contributed by atoms with Gasteiger partial charge in [0.15, 0.2) is 6.54 Å². The zero-order chi connectivity index (χ0) is 25.2. The molecular formula is C23H27N7O4S. The van der Waals surface area contributed by atoms with Gasteiger partial charge < -0.3 is 9.30 Å². The van der Waals surface area contributed by atoms with Gasteiger partial charge in [-0.15, -0.1) is 10.2 Å². The van der Waals surface area contributed by atoms with Crippen molar-refractivity contribution in [1.29, 1.82) is 0 Å². The molecule has 0 aliphatic rings. The van der Waals surface area contributed by atoms with E-state index in [1.165, 1.54) is 25.0 Å². The lowest BCUT2D eigenvalue weighted by Crippen LogP contribution is -2.22. The average Bonchev–Trinajstić information content (AvgIpc) is 3.42. The van der Waals surface area contributed by atoms with Crippen LogP contribution in [0.4, 0.5) is 0 Å². The summed E-state index contributed by atoms with van der Waals surface area (Å²) in [7, 11) is -0.629. The lowest BCUT2D eigenvalue weighted by Gasteiger charge is -2.11. The van der Waals surface area contributed by atoms with Gasteiger partial charge in [-0.2, -0.15) is 4.80 Å². The molecule has 0 saturated heterocycles. The third-order valence-electron chi connectivity index (χ3n) is 5.42. The number of benzene rings is 2. The highest BCUT2D eigenvalue weighted by molar-refractivity contribution is 7.89. The SMILES string of the molecule is CCCn1c(COC(=O)Cn2nnc(-c3ccc(C)cc3)n2)nc2cc(S(=O)(=O)N(C)C)ccc21. The number of hydrogen-bond donors (Lipinski definition) is 0. The van der Waals surface area contributed by atoms with E-state index >= 15 is 0 Å². The maximum Gasteiger partial charge on any atom is 0.330 e. The Morgan fingerprint density at radius 3 is 2.54 bits per heavy atom. The quantitative estimate of drug-likeness (QED) is 0.323. The van der Waals surface area contributed by atoms with Crippen molar-refractivity contribution in [3.05, 3.63) is 53.9 Å². The summed E-state index contributed by atoms with van der Waals surface area (Å²) in [6.07, 6.45) is 0.828. The van der Waals surface area contributed by atoms with Crippen molar-refractivity contribution in [3.63, 3.8) is 0 Å². The Morgan fingerprint density at radius 2 is 1.86 bits per heavy atom. The van der Waals surface area contributed by atoms with Crippen molar-refractivity contribution in [1.82, 2.24) is 34.1 Å². The molecule has 0 spiro atoms. The predicted molar refractivity (Wildman–Crippen MR) is 129 cm³/mol. The average molecular weight is 498 g/mol. The molecule has 0 bridgehead atoms. The number of esters is 1. The van der Waals surface area contributed by atoms with Gasteiger partial charge in [0, 0.05) is 26.2 Å². The Morgan fingerprint density at radius 1 is 1.11 bits per heavy atom. The number of imidazole rings is 1. The Kier molecular flexibility index (Phi) is 6.94. The van der Waals surface area contributed by atoms with Crippen LogP contribution in [0.15, 0.2) is 47.4 Å². The Balaban J connectivity index is 1.48. The minimum atomic E-state index is -3.59. The van der Waals surface area contributed by atoms with Gasteiger partial charge in [-0.1, -0.05) is 36.8 Å². The molecule has 4 rings (SSSR count). The maximum atomic E-state index is 12.5. The number of rotatable bonds is 9. The highest BCUT2D eigenvalue weighted by Gasteiger charge is 2.20. The number of carbonyl (C=O) groups excluding carboxylic acids is 1. The number of nitrogens with zero attached hydrogens (tertiary/aromatic N) is 7. The molecule has 35 heavy (non-hydrogen) atoms. The van der Waals surface area contributed by atoms with Crippen LogP contribution in [-0.4, -0.2) is 62.5 Å². The second-order valence-electron chi connectivity index (χ2n) is 8.29. The maximum absolute atomic E-state index is 12.5. The van der Waals surface area contributed by atoms with Crippen LogP contribution in [0.3, 0.4) is 0 Å². The number of carbonyl (C=O) groups is 1. The van der Waals surface area contributed by atoms with Crippen LogP contribution in [0, 0.1) is 6.92 Å². The van der Waals surface area contributed by atoms with Crippen LogP contribution in [0.5, 0.6) is 0 Å². The molecule has 0 radical (unpaired) electrons. The van der Waals surface area contributed by atoms with E-state index in [1.54, 1.807) is 12.1 Å². The molecule has 0 N–H and O–H groups in total. The molecule has 0 saturated carbocycles. The van der Waals surface area contributed by atoms with Crippen LogP contribution >= 0.6 is 0 Å². The normalized spacial score (nSPS) is 11.9. The van der Waals surface area contributed by atoms with Gasteiger partial charge in [0.1, 0.15) is 12.4 Å². The Hall–Kier alpha value is -3.64. The van der Waals surface area contributed by atoms with Crippen LogP contribution in [-0.2, 0) is 39.3 Å². The van der Waals surface area contributed by atoms with Crippen LogP contribution in [0.25, 0.3) is 22.4 Å². The summed E-state index contributed by atoms with van der Waals surface area (Å²) in [4.78, 5) is 18.3. The molecule has 0 unspecified atom stereocenters. The highest BCUT2D eigenvalue weighted by atomic mass is 32.2. The molecule has 184 valence electrons. The minimum Gasteiger partial charge on any atom is -0.456 e. The van der Waals surface area contributed by atoms with Gasteiger partial charge in [0.25, 0.3) is 0 Å². The van der Waals surface area contributed by atoms with Crippen molar-refractivity contribution < 1.29 is 17.9 Å². The van der Waals surface area contributed by atoms with Gasteiger partial charge in [-0.3, -0.25) is 0 Å². The number of sulfonamides is 1. The topological polar surface area (TPSA) is 125 Å². The largest absolute Gasteiger partial charge is 0.456 e. The molecule has 2 aromatic carbocycles. The molecule has 0 aliphatic heterocycles. The zero-order valence-corrected chi connectivity index (χ0v) is 20.9. The summed E-state index contributed by atoms with van der Waals surface area (Å²) in [5.74, 6) is 0.413. The third kappa shape index (κ3) is 5.23. The van der Waals surface area contributed by atoms with Crippen molar-refractivity contribution in [2.24, 2.45) is 0 Å². The second kappa shape index (κ2) is 9.92. The number of hydrogen-bond acceptors (Lipinski definition) is 8. The van der Waals surface area contributed by atoms with E-state index in [2.05, 4.69) is 20.4 Å². The first-order valence-corrected chi connectivity index (χ1v) is 12.5. The lowest BCUT2D eigenvalue weighted by molar-refractivity contribution is -0.146. The monoisotopic (exact) mass is 497 g/mol. The van der Waals surface area contributed by atoms with E-state index in [0.717, 1.165) is 27.4 Å². The fraction of sp³-hybridized carbons (Fsp3) is 0.348. The van der Waals surface area contributed by atoms with Gasteiger partial charge >= 0.3 is 5.97 Å². The molecule has 0 atom stereocenters. The fourth-order valence-electron chi connectivity index (χ4n) is 3.55. The summed E-state index contributed by atoms with van der Waals surface area (Å²) in [6.45, 7) is 4.40. The molecule has 2 aromatic heterocycles. The van der Waals surface area contributed by atoms with E-state index in [9.17, 15) is 13.2 Å². The predicted octanol–water partition coefficient (Wildman–Crippen LogP) is 2.40. The van der Waals surface area contributed by atoms with Crippen molar-refractivity contribution in [2.45, 2.75) is 44.9 Å².